The smallest absolute Gasteiger partial charge is 0.247 e. The van der Waals surface area contributed by atoms with E-state index in [-0.39, 0.29) is 5.91 Å². The third-order valence-electron chi connectivity index (χ3n) is 2.22. The molecular formula is C12H12N4O. The fraction of sp³-hybridized carbons (Fsp3) is 0.0833. The van der Waals surface area contributed by atoms with Gasteiger partial charge >= 0.3 is 0 Å². The fourth-order valence-corrected chi connectivity index (χ4v) is 1.39. The van der Waals surface area contributed by atoms with Gasteiger partial charge in [0.25, 0.3) is 0 Å². The van der Waals surface area contributed by atoms with Crippen molar-refractivity contribution in [1.82, 2.24) is 14.8 Å². The van der Waals surface area contributed by atoms with Gasteiger partial charge in [0.1, 0.15) is 12.7 Å². The summed E-state index contributed by atoms with van der Waals surface area (Å²) in [4.78, 5) is 14.9. The van der Waals surface area contributed by atoms with Gasteiger partial charge < -0.3 is 5.32 Å². The normalized spacial score (nSPS) is 9.88. The Morgan fingerprint density at radius 2 is 2.18 bits per heavy atom. The highest BCUT2D eigenvalue weighted by atomic mass is 16.1. The molecule has 1 amide bonds. The summed E-state index contributed by atoms with van der Waals surface area (Å²) in [5.41, 5.74) is 1.84. The summed E-state index contributed by atoms with van der Waals surface area (Å²) < 4.78 is 1.73. The minimum atomic E-state index is -0.214. The first-order valence-electron chi connectivity index (χ1n) is 5.12. The topological polar surface area (TPSA) is 59.8 Å². The Balaban J connectivity index is 2.02. The molecule has 0 aliphatic carbocycles. The number of benzene rings is 1. The highest BCUT2D eigenvalue weighted by molar-refractivity contribution is 5.98. The molecule has 0 fully saturated rings. The van der Waals surface area contributed by atoms with Gasteiger partial charge in [0.15, 0.2) is 0 Å². The van der Waals surface area contributed by atoms with Gasteiger partial charge in [0.2, 0.25) is 5.91 Å². The summed E-state index contributed by atoms with van der Waals surface area (Å²) in [7, 11) is 0. The zero-order valence-electron chi connectivity index (χ0n) is 9.21. The molecular weight excluding hydrogens is 216 g/mol. The molecule has 0 spiro atoms. The minimum absolute atomic E-state index is 0.214. The Bertz CT molecular complexity index is 502. The number of amides is 1. The van der Waals surface area contributed by atoms with E-state index in [0.717, 1.165) is 11.3 Å². The van der Waals surface area contributed by atoms with Gasteiger partial charge in [-0.15, -0.1) is 0 Å². The molecule has 2 aromatic rings. The van der Waals surface area contributed by atoms with E-state index in [4.69, 9.17) is 0 Å². The van der Waals surface area contributed by atoms with Gasteiger partial charge in [0, 0.05) is 5.69 Å². The van der Waals surface area contributed by atoms with Crippen molar-refractivity contribution in [3.8, 4) is 0 Å². The summed E-state index contributed by atoms with van der Waals surface area (Å²) in [6, 6.07) is 7.54. The number of nitrogens with zero attached hydrogens (tertiary/aromatic N) is 3. The molecule has 1 aromatic heterocycles. The standard InChI is InChI=1S/C12H12N4O/c1-2-12(17)15-11-5-3-10(4-6-11)7-16-9-13-8-14-16/h2-6,8-9H,1,7H2,(H,15,17). The maximum absolute atomic E-state index is 11.1. The molecule has 5 nitrogen and oxygen atoms in total. The molecule has 0 saturated carbocycles. The SMILES string of the molecule is C=CC(=O)Nc1ccc(Cn2cncn2)cc1. The van der Waals surface area contributed by atoms with Crippen molar-refractivity contribution in [2.24, 2.45) is 0 Å². The summed E-state index contributed by atoms with van der Waals surface area (Å²) >= 11 is 0. The number of hydrogen-bond donors (Lipinski definition) is 1. The molecule has 2 rings (SSSR count). The third kappa shape index (κ3) is 3.01. The quantitative estimate of drug-likeness (QED) is 0.806. The molecule has 1 heterocycles. The van der Waals surface area contributed by atoms with Crippen LogP contribution in [0.4, 0.5) is 5.69 Å². The molecule has 1 N–H and O–H groups in total. The van der Waals surface area contributed by atoms with E-state index < -0.39 is 0 Å². The van der Waals surface area contributed by atoms with E-state index in [2.05, 4.69) is 22.0 Å². The Hall–Kier alpha value is -2.43. The maximum atomic E-state index is 11.1. The molecule has 0 saturated heterocycles. The zero-order valence-corrected chi connectivity index (χ0v) is 9.21. The summed E-state index contributed by atoms with van der Waals surface area (Å²) in [5, 5.41) is 6.70. The molecule has 0 atom stereocenters. The summed E-state index contributed by atoms with van der Waals surface area (Å²) in [6.07, 6.45) is 4.40. The van der Waals surface area contributed by atoms with Gasteiger partial charge in [0.05, 0.1) is 6.54 Å². The first-order chi connectivity index (χ1) is 8.28. The number of anilines is 1. The van der Waals surface area contributed by atoms with Crippen molar-refractivity contribution in [2.75, 3.05) is 5.32 Å². The molecule has 86 valence electrons. The third-order valence-corrected chi connectivity index (χ3v) is 2.22. The van der Waals surface area contributed by atoms with Crippen molar-refractivity contribution in [3.05, 3.63) is 55.1 Å². The van der Waals surface area contributed by atoms with Crippen LogP contribution >= 0.6 is 0 Å². The van der Waals surface area contributed by atoms with Crippen LogP contribution in [0, 0.1) is 0 Å². The zero-order chi connectivity index (χ0) is 12.1. The van der Waals surface area contributed by atoms with Crippen LogP contribution in [0.1, 0.15) is 5.56 Å². The second kappa shape index (κ2) is 5.07. The summed E-state index contributed by atoms with van der Waals surface area (Å²) in [5.74, 6) is -0.214. The Morgan fingerprint density at radius 1 is 1.41 bits per heavy atom. The predicted molar refractivity (Wildman–Crippen MR) is 64.4 cm³/mol. The number of nitrogens with one attached hydrogen (secondary N) is 1. The number of rotatable bonds is 4. The van der Waals surface area contributed by atoms with E-state index in [9.17, 15) is 4.79 Å². The van der Waals surface area contributed by atoms with Gasteiger partial charge in [-0.3, -0.25) is 4.79 Å². The van der Waals surface area contributed by atoms with Gasteiger partial charge in [-0.2, -0.15) is 5.10 Å². The molecule has 1 aromatic carbocycles. The predicted octanol–water partition coefficient (Wildman–Crippen LogP) is 1.45. The second-order valence-electron chi connectivity index (χ2n) is 3.48. The lowest BCUT2D eigenvalue weighted by molar-refractivity contribution is -0.111. The Morgan fingerprint density at radius 3 is 2.76 bits per heavy atom. The van der Waals surface area contributed by atoms with Crippen molar-refractivity contribution in [3.63, 3.8) is 0 Å². The molecule has 0 radical (unpaired) electrons. The highest BCUT2D eigenvalue weighted by Crippen LogP contribution is 2.10. The average Bonchev–Trinajstić information content (AvgIpc) is 2.84. The largest absolute Gasteiger partial charge is 0.323 e. The van der Waals surface area contributed by atoms with E-state index >= 15 is 0 Å². The monoisotopic (exact) mass is 228 g/mol. The first kappa shape index (κ1) is 11.1. The minimum Gasteiger partial charge on any atom is -0.323 e. The molecule has 0 aliphatic heterocycles. The molecule has 17 heavy (non-hydrogen) atoms. The molecule has 5 heteroatoms. The Kier molecular flexibility index (Phi) is 3.30. The highest BCUT2D eigenvalue weighted by Gasteiger charge is 1.98. The number of aromatic nitrogens is 3. The van der Waals surface area contributed by atoms with Crippen molar-refractivity contribution >= 4 is 11.6 Å². The average molecular weight is 228 g/mol. The van der Waals surface area contributed by atoms with E-state index in [1.807, 2.05) is 24.3 Å². The van der Waals surface area contributed by atoms with E-state index in [1.165, 1.54) is 12.4 Å². The fourth-order valence-electron chi connectivity index (χ4n) is 1.39. The van der Waals surface area contributed by atoms with Crippen molar-refractivity contribution in [1.29, 1.82) is 0 Å². The van der Waals surface area contributed by atoms with Crippen LogP contribution in [-0.4, -0.2) is 20.7 Å². The van der Waals surface area contributed by atoms with Gasteiger partial charge in [-0.1, -0.05) is 18.7 Å². The van der Waals surface area contributed by atoms with Crippen LogP contribution in [0.2, 0.25) is 0 Å². The number of carbonyl (C=O) groups is 1. The van der Waals surface area contributed by atoms with E-state index in [0.29, 0.717) is 6.54 Å². The molecule has 0 bridgehead atoms. The van der Waals surface area contributed by atoms with Crippen LogP contribution in [0.15, 0.2) is 49.6 Å². The van der Waals surface area contributed by atoms with Gasteiger partial charge in [-0.05, 0) is 23.8 Å². The van der Waals surface area contributed by atoms with Crippen LogP contribution in [0.25, 0.3) is 0 Å². The van der Waals surface area contributed by atoms with E-state index in [1.54, 1.807) is 11.0 Å². The molecule has 0 aliphatic rings. The number of carbonyl (C=O) groups excluding carboxylic acids is 1. The van der Waals surface area contributed by atoms with Crippen LogP contribution in [0.3, 0.4) is 0 Å². The first-order valence-corrected chi connectivity index (χ1v) is 5.12. The van der Waals surface area contributed by atoms with Gasteiger partial charge in [-0.25, -0.2) is 9.67 Å². The second-order valence-corrected chi connectivity index (χ2v) is 3.48. The summed E-state index contributed by atoms with van der Waals surface area (Å²) in [6.45, 7) is 4.06. The van der Waals surface area contributed by atoms with Crippen molar-refractivity contribution < 1.29 is 4.79 Å². The lowest BCUT2D eigenvalue weighted by atomic mass is 10.2. The van der Waals surface area contributed by atoms with Crippen molar-refractivity contribution in [2.45, 2.75) is 6.54 Å². The molecule has 0 unspecified atom stereocenters. The maximum Gasteiger partial charge on any atom is 0.247 e. The van der Waals surface area contributed by atoms with Crippen LogP contribution in [-0.2, 0) is 11.3 Å². The lowest BCUT2D eigenvalue weighted by Gasteiger charge is -2.04. The van der Waals surface area contributed by atoms with Crippen LogP contribution in [0.5, 0.6) is 0 Å². The lowest BCUT2D eigenvalue weighted by Crippen LogP contribution is -2.07. The number of hydrogen-bond acceptors (Lipinski definition) is 3. The van der Waals surface area contributed by atoms with Crippen LogP contribution < -0.4 is 5.32 Å². The Labute approximate surface area is 98.8 Å².